The van der Waals surface area contributed by atoms with Crippen molar-refractivity contribution in [1.82, 2.24) is 9.55 Å². The van der Waals surface area contributed by atoms with E-state index in [2.05, 4.69) is 11.6 Å². The van der Waals surface area contributed by atoms with Crippen molar-refractivity contribution in [3.05, 3.63) is 36.7 Å². The van der Waals surface area contributed by atoms with Gasteiger partial charge in [0.15, 0.2) is 0 Å². The number of nitrogens with two attached hydrogens (primary N) is 1. The molecule has 0 atom stereocenters. The fourth-order valence-corrected chi connectivity index (χ4v) is 1.47. The molecule has 0 aliphatic rings. The molecule has 0 aliphatic carbocycles. The molecule has 0 radical (unpaired) electrons. The number of aromatic nitrogens is 2. The minimum Gasteiger partial charge on any atom is -0.334 e. The summed E-state index contributed by atoms with van der Waals surface area (Å²) < 4.78 is 1.99. The average molecular weight is 187 g/mol. The van der Waals surface area contributed by atoms with E-state index in [4.69, 9.17) is 5.73 Å². The van der Waals surface area contributed by atoms with Gasteiger partial charge < -0.3 is 10.3 Å². The van der Waals surface area contributed by atoms with Crippen LogP contribution in [0.5, 0.6) is 0 Å². The summed E-state index contributed by atoms with van der Waals surface area (Å²) in [6.45, 7) is 4.38. The molecule has 1 heterocycles. The average Bonchev–Trinajstić information content (AvgIpc) is 2.59. The molecule has 3 heteroatoms. The molecule has 0 fully saturated rings. The zero-order valence-electron chi connectivity index (χ0n) is 8.20. The van der Waals surface area contributed by atoms with Crippen molar-refractivity contribution in [3.8, 4) is 0 Å². The predicted molar refractivity (Wildman–Crippen MR) is 58.8 cm³/mol. The molecule has 1 aromatic carbocycles. The number of hydrogen-bond acceptors (Lipinski definition) is 2. The standard InChI is InChI=1S/C11H13N3/c1-8(6-12)9-3-4-11-10(5-9)13-7-14(11)2/h3-5,7H,1,6,12H2,2H3. The van der Waals surface area contributed by atoms with Crippen LogP contribution in [0.2, 0.25) is 0 Å². The first-order chi connectivity index (χ1) is 6.72. The maximum Gasteiger partial charge on any atom is 0.0955 e. The quantitative estimate of drug-likeness (QED) is 0.775. The van der Waals surface area contributed by atoms with Crippen LogP contribution >= 0.6 is 0 Å². The van der Waals surface area contributed by atoms with Gasteiger partial charge in [-0.25, -0.2) is 4.98 Å². The van der Waals surface area contributed by atoms with E-state index in [0.717, 1.165) is 22.2 Å². The van der Waals surface area contributed by atoms with E-state index in [0.29, 0.717) is 6.54 Å². The van der Waals surface area contributed by atoms with Gasteiger partial charge in [0.1, 0.15) is 0 Å². The van der Waals surface area contributed by atoms with E-state index in [9.17, 15) is 0 Å². The van der Waals surface area contributed by atoms with Crippen molar-refractivity contribution in [2.24, 2.45) is 12.8 Å². The van der Waals surface area contributed by atoms with Gasteiger partial charge in [0.25, 0.3) is 0 Å². The van der Waals surface area contributed by atoms with Crippen LogP contribution < -0.4 is 5.73 Å². The summed E-state index contributed by atoms with van der Waals surface area (Å²) in [5.41, 5.74) is 9.65. The Morgan fingerprint density at radius 3 is 3.07 bits per heavy atom. The monoisotopic (exact) mass is 187 g/mol. The Labute approximate surface area is 82.9 Å². The second-order valence-corrected chi connectivity index (χ2v) is 3.37. The molecular formula is C11H13N3. The van der Waals surface area contributed by atoms with Gasteiger partial charge in [-0.15, -0.1) is 0 Å². The second-order valence-electron chi connectivity index (χ2n) is 3.37. The first-order valence-electron chi connectivity index (χ1n) is 4.51. The third-order valence-corrected chi connectivity index (χ3v) is 2.38. The summed E-state index contributed by atoms with van der Waals surface area (Å²) in [4.78, 5) is 4.28. The van der Waals surface area contributed by atoms with Crippen LogP contribution in [0.1, 0.15) is 5.56 Å². The maximum atomic E-state index is 5.53. The summed E-state index contributed by atoms with van der Waals surface area (Å²) in [5, 5.41) is 0. The van der Waals surface area contributed by atoms with Crippen molar-refractivity contribution in [3.63, 3.8) is 0 Å². The van der Waals surface area contributed by atoms with Crippen LogP contribution in [0.3, 0.4) is 0 Å². The molecule has 14 heavy (non-hydrogen) atoms. The zero-order chi connectivity index (χ0) is 10.1. The lowest BCUT2D eigenvalue weighted by atomic mass is 10.1. The van der Waals surface area contributed by atoms with Gasteiger partial charge in [-0.2, -0.15) is 0 Å². The molecule has 2 aromatic rings. The highest BCUT2D eigenvalue weighted by molar-refractivity contribution is 5.80. The Kier molecular flexibility index (Phi) is 2.09. The van der Waals surface area contributed by atoms with Crippen molar-refractivity contribution < 1.29 is 0 Å². The van der Waals surface area contributed by atoms with Gasteiger partial charge >= 0.3 is 0 Å². The van der Waals surface area contributed by atoms with E-state index in [-0.39, 0.29) is 0 Å². The van der Waals surface area contributed by atoms with Crippen LogP contribution in [-0.2, 0) is 7.05 Å². The first-order valence-corrected chi connectivity index (χ1v) is 4.51. The molecule has 2 rings (SSSR count). The van der Waals surface area contributed by atoms with Crippen molar-refractivity contribution >= 4 is 16.6 Å². The molecule has 0 spiro atoms. The Balaban J connectivity index is 2.57. The minimum absolute atomic E-state index is 0.484. The van der Waals surface area contributed by atoms with E-state index in [1.165, 1.54) is 0 Å². The van der Waals surface area contributed by atoms with Gasteiger partial charge in [-0.1, -0.05) is 12.6 Å². The van der Waals surface area contributed by atoms with Crippen LogP contribution in [-0.4, -0.2) is 16.1 Å². The molecule has 0 saturated carbocycles. The third-order valence-electron chi connectivity index (χ3n) is 2.38. The zero-order valence-corrected chi connectivity index (χ0v) is 8.20. The van der Waals surface area contributed by atoms with Gasteiger partial charge in [0.2, 0.25) is 0 Å². The number of nitrogens with zero attached hydrogens (tertiary/aromatic N) is 2. The molecule has 72 valence electrons. The number of benzene rings is 1. The summed E-state index contributed by atoms with van der Waals surface area (Å²) in [5.74, 6) is 0. The largest absolute Gasteiger partial charge is 0.334 e. The number of imidazole rings is 1. The Bertz CT molecular complexity index is 482. The number of fused-ring (bicyclic) bond motifs is 1. The highest BCUT2D eigenvalue weighted by Gasteiger charge is 2.02. The van der Waals surface area contributed by atoms with Crippen LogP contribution in [0.4, 0.5) is 0 Å². The normalized spacial score (nSPS) is 10.7. The molecule has 0 bridgehead atoms. The molecule has 0 amide bonds. The van der Waals surface area contributed by atoms with E-state index >= 15 is 0 Å². The molecular weight excluding hydrogens is 174 g/mol. The van der Waals surface area contributed by atoms with Gasteiger partial charge in [-0.3, -0.25) is 0 Å². The summed E-state index contributed by atoms with van der Waals surface area (Å²) in [6.07, 6.45) is 1.81. The molecule has 3 nitrogen and oxygen atoms in total. The van der Waals surface area contributed by atoms with E-state index in [1.807, 2.05) is 29.8 Å². The van der Waals surface area contributed by atoms with Crippen molar-refractivity contribution in [1.29, 1.82) is 0 Å². The topological polar surface area (TPSA) is 43.8 Å². The van der Waals surface area contributed by atoms with Crippen LogP contribution in [0.25, 0.3) is 16.6 Å². The third kappa shape index (κ3) is 1.32. The number of aryl methyl sites for hydroxylation is 1. The molecule has 0 unspecified atom stereocenters. The second kappa shape index (κ2) is 3.27. The molecule has 0 saturated heterocycles. The van der Waals surface area contributed by atoms with Crippen molar-refractivity contribution in [2.45, 2.75) is 0 Å². The predicted octanol–water partition coefficient (Wildman–Crippen LogP) is 1.55. The van der Waals surface area contributed by atoms with Gasteiger partial charge in [0.05, 0.1) is 17.4 Å². The SMILES string of the molecule is C=C(CN)c1ccc2c(c1)ncn2C. The fourth-order valence-electron chi connectivity index (χ4n) is 1.47. The lowest BCUT2D eigenvalue weighted by Crippen LogP contribution is -2.00. The number of rotatable bonds is 2. The highest BCUT2D eigenvalue weighted by Crippen LogP contribution is 2.18. The molecule has 1 aromatic heterocycles. The number of hydrogen-bond donors (Lipinski definition) is 1. The summed E-state index contributed by atoms with van der Waals surface area (Å²) in [7, 11) is 1.98. The van der Waals surface area contributed by atoms with Gasteiger partial charge in [-0.05, 0) is 23.3 Å². The Hall–Kier alpha value is -1.61. The van der Waals surface area contributed by atoms with E-state index in [1.54, 1.807) is 6.33 Å². The van der Waals surface area contributed by atoms with Crippen LogP contribution in [0, 0.1) is 0 Å². The minimum atomic E-state index is 0.484. The van der Waals surface area contributed by atoms with Crippen LogP contribution in [0.15, 0.2) is 31.1 Å². The molecule has 2 N–H and O–H groups in total. The summed E-state index contributed by atoms with van der Waals surface area (Å²) >= 11 is 0. The Morgan fingerprint density at radius 1 is 1.57 bits per heavy atom. The maximum absolute atomic E-state index is 5.53. The fraction of sp³-hybridized carbons (Fsp3) is 0.182. The highest BCUT2D eigenvalue weighted by atomic mass is 15.0. The van der Waals surface area contributed by atoms with Gasteiger partial charge in [0, 0.05) is 13.6 Å². The smallest absolute Gasteiger partial charge is 0.0955 e. The lowest BCUT2D eigenvalue weighted by molar-refractivity contribution is 0.947. The molecule has 0 aliphatic heterocycles. The van der Waals surface area contributed by atoms with E-state index < -0.39 is 0 Å². The first kappa shape index (κ1) is 8.97. The van der Waals surface area contributed by atoms with Crippen molar-refractivity contribution in [2.75, 3.05) is 6.54 Å². The Morgan fingerprint density at radius 2 is 2.36 bits per heavy atom. The summed E-state index contributed by atoms with van der Waals surface area (Å²) in [6, 6.07) is 6.09. The lowest BCUT2D eigenvalue weighted by Gasteiger charge is -2.02.